The monoisotopic (exact) mass is 1270 g/mol. The van der Waals surface area contributed by atoms with Crippen LogP contribution >= 0.6 is 0 Å². The Kier molecular flexibility index (Phi) is 11.7. The highest BCUT2D eigenvalue weighted by atomic mass is 15.1. The molecule has 15 aromatic carbocycles. The van der Waals surface area contributed by atoms with Crippen molar-refractivity contribution >= 4 is 87.2 Å². The third kappa shape index (κ3) is 7.07. The minimum Gasteiger partial charge on any atom is -0.306 e. The van der Waals surface area contributed by atoms with Crippen LogP contribution in [0.1, 0.15) is 55.6 Å². The molecule has 4 heterocycles. The van der Waals surface area contributed by atoms with Gasteiger partial charge in [-0.2, -0.15) is 10.5 Å². The molecule has 0 spiro atoms. The Morgan fingerprint density at radius 3 is 0.800 bits per heavy atom. The zero-order valence-corrected chi connectivity index (χ0v) is 54.0. The van der Waals surface area contributed by atoms with Gasteiger partial charge in [0.1, 0.15) is 23.3 Å². The second-order valence-corrected chi connectivity index (χ2v) is 26.6. The molecule has 2 aliphatic rings. The summed E-state index contributed by atoms with van der Waals surface area (Å²) in [5.41, 5.74) is 22.8. The van der Waals surface area contributed by atoms with E-state index in [9.17, 15) is 10.5 Å². The number of rotatable bonds is 8. The molecule has 0 unspecified atom stereocenters. The molecule has 0 N–H and O–H groups in total. The van der Waals surface area contributed by atoms with E-state index in [1.807, 2.05) is 0 Å². The van der Waals surface area contributed by atoms with Crippen LogP contribution in [0.2, 0.25) is 0 Å². The summed E-state index contributed by atoms with van der Waals surface area (Å²) in [6.07, 6.45) is 0. The van der Waals surface area contributed by atoms with Gasteiger partial charge in [-0.25, -0.2) is 0 Å². The van der Waals surface area contributed by atoms with Crippen LogP contribution in [-0.4, -0.2) is 18.3 Å². The predicted molar refractivity (Wildman–Crippen MR) is 408 cm³/mol. The van der Waals surface area contributed by atoms with Crippen LogP contribution in [-0.2, 0) is 10.8 Å². The van der Waals surface area contributed by atoms with Gasteiger partial charge in [-0.05, 0) is 115 Å². The molecule has 0 fully saturated rings. The van der Waals surface area contributed by atoms with Crippen molar-refractivity contribution in [3.63, 3.8) is 0 Å². The van der Waals surface area contributed by atoms with Gasteiger partial charge in [-0.3, -0.25) is 0 Å². The second-order valence-electron chi connectivity index (χ2n) is 26.6. The molecule has 100 heavy (non-hydrogen) atoms. The number of aromatic nitrogens is 4. The minimum atomic E-state index is -0.793. The molecule has 0 atom stereocenters. The quantitative estimate of drug-likeness (QED) is 0.152. The van der Waals surface area contributed by atoms with Crippen LogP contribution in [0.25, 0.3) is 132 Å². The molecule has 0 aliphatic heterocycles. The molecule has 19 aromatic rings. The van der Waals surface area contributed by atoms with Crippen LogP contribution < -0.4 is 0 Å². The van der Waals surface area contributed by atoms with Gasteiger partial charge < -0.3 is 18.3 Å². The highest BCUT2D eigenvalue weighted by Gasteiger charge is 2.50. The van der Waals surface area contributed by atoms with Crippen molar-refractivity contribution in [2.24, 2.45) is 0 Å². The molecule has 4 aromatic heterocycles. The molecular formula is C94H56N6. The Bertz CT molecular complexity index is 6310. The molecule has 0 amide bonds. The molecule has 6 heteroatoms. The number of fused-ring (bicyclic) bond motifs is 20. The smallest absolute Gasteiger partial charge is 0.104 e. The highest BCUT2D eigenvalue weighted by molar-refractivity contribution is 6.20. The van der Waals surface area contributed by atoms with E-state index in [0.717, 1.165) is 121 Å². The topological polar surface area (TPSA) is 67.3 Å². The van der Waals surface area contributed by atoms with E-state index in [1.165, 1.54) is 33.4 Å². The van der Waals surface area contributed by atoms with Crippen LogP contribution in [0.5, 0.6) is 0 Å². The zero-order chi connectivity index (χ0) is 66.0. The summed E-state index contributed by atoms with van der Waals surface area (Å²) < 4.78 is 9.43. The SMILES string of the molecule is N#Cc1c(-n2c3ccccc3c3ccccc32)c(C#N)c(-n2c3ccccc3c3c4c(ccc32)-c2ccccc2C4(c2ccccc2)c2ccccc2)c(-n2c3ccccc3c3ccccc32)c1-n1c2ccccc2c2c3c(ccc21)-c1ccccc1C3(c1ccccc1)c1ccccc1. The highest BCUT2D eigenvalue weighted by Crippen LogP contribution is 2.62. The molecule has 0 bridgehead atoms. The average Bonchev–Trinajstić information content (AvgIpc) is 1.38. The molecule has 462 valence electrons. The maximum Gasteiger partial charge on any atom is 0.104 e. The summed E-state index contributed by atoms with van der Waals surface area (Å²) in [5, 5.41) is 34.8. The van der Waals surface area contributed by atoms with Crippen molar-refractivity contribution in [1.82, 2.24) is 18.3 Å². The standard InChI is InChI=1S/C94H56N6/c95-57-73-89(97-77-47-23-15-39-65(77)66-40-16-24-48-78(66)97)74(58-96)91(100-82-52-28-20-44-72(82)86-84(100)56-54-70-64-38-14-22-46-76(64)94(88(70)86,61-33-9-3-10-34-61)62-35-11-4-12-36-62)92(98-79-49-25-17-41-67(79)68-42-18-26-50-80(68)98)90(73)99-81-51-27-19-43-71(81)85-83(99)55-53-69-63-37-13-21-45-75(63)93(87(69)85,59-29-5-1-6-30-59)60-31-7-2-8-32-60/h1-56H. The lowest BCUT2D eigenvalue weighted by atomic mass is 9.67. The lowest BCUT2D eigenvalue weighted by Crippen LogP contribution is -2.28. The van der Waals surface area contributed by atoms with Gasteiger partial charge in [0.05, 0.1) is 77.7 Å². The third-order valence-corrected chi connectivity index (χ3v) is 22.2. The van der Waals surface area contributed by atoms with Crippen molar-refractivity contribution in [1.29, 1.82) is 10.5 Å². The Morgan fingerprint density at radius 1 is 0.210 bits per heavy atom. The summed E-state index contributed by atoms with van der Waals surface area (Å²) >= 11 is 0. The van der Waals surface area contributed by atoms with E-state index in [0.29, 0.717) is 33.9 Å². The van der Waals surface area contributed by atoms with Gasteiger partial charge in [-0.1, -0.05) is 291 Å². The van der Waals surface area contributed by atoms with Crippen LogP contribution in [0.4, 0.5) is 0 Å². The van der Waals surface area contributed by atoms with Crippen LogP contribution in [0, 0.1) is 22.7 Å². The summed E-state index contributed by atoms with van der Waals surface area (Å²) in [4.78, 5) is 0. The van der Waals surface area contributed by atoms with Crippen molar-refractivity contribution in [3.05, 3.63) is 395 Å². The lowest BCUT2D eigenvalue weighted by molar-refractivity contribution is 0.776. The first kappa shape index (κ1) is 55.7. The van der Waals surface area contributed by atoms with Gasteiger partial charge >= 0.3 is 0 Å². The fraction of sp³-hybridized carbons (Fsp3) is 0.0213. The van der Waals surface area contributed by atoms with E-state index in [2.05, 4.69) is 370 Å². The van der Waals surface area contributed by atoms with E-state index >= 15 is 0 Å². The average molecular weight is 1270 g/mol. The van der Waals surface area contributed by atoms with Gasteiger partial charge in [0.2, 0.25) is 0 Å². The normalized spacial score (nSPS) is 13.3. The van der Waals surface area contributed by atoms with Gasteiger partial charge in [0.25, 0.3) is 0 Å². The van der Waals surface area contributed by atoms with Crippen molar-refractivity contribution in [3.8, 4) is 57.1 Å². The molecule has 2 aliphatic carbocycles. The van der Waals surface area contributed by atoms with Crippen molar-refractivity contribution in [2.75, 3.05) is 0 Å². The number of hydrogen-bond acceptors (Lipinski definition) is 2. The summed E-state index contributed by atoms with van der Waals surface area (Å²) in [6, 6.07) is 129. The molecule has 0 radical (unpaired) electrons. The summed E-state index contributed by atoms with van der Waals surface area (Å²) in [7, 11) is 0. The van der Waals surface area contributed by atoms with Crippen LogP contribution in [0.15, 0.2) is 340 Å². The largest absolute Gasteiger partial charge is 0.306 e. The maximum atomic E-state index is 13.2. The third-order valence-electron chi connectivity index (χ3n) is 22.2. The first-order chi connectivity index (χ1) is 49.6. The van der Waals surface area contributed by atoms with E-state index in [-0.39, 0.29) is 0 Å². The van der Waals surface area contributed by atoms with Gasteiger partial charge in [0, 0.05) is 43.1 Å². The fourth-order valence-corrected chi connectivity index (χ4v) is 18.6. The molecule has 6 nitrogen and oxygen atoms in total. The zero-order valence-electron chi connectivity index (χ0n) is 54.0. The van der Waals surface area contributed by atoms with Crippen molar-refractivity contribution < 1.29 is 0 Å². The number of hydrogen-bond donors (Lipinski definition) is 0. The van der Waals surface area contributed by atoms with E-state index < -0.39 is 10.8 Å². The number of para-hydroxylation sites is 6. The number of benzene rings is 15. The van der Waals surface area contributed by atoms with Gasteiger partial charge in [-0.15, -0.1) is 0 Å². The van der Waals surface area contributed by atoms with E-state index in [4.69, 9.17) is 0 Å². The number of nitriles is 2. The van der Waals surface area contributed by atoms with Crippen molar-refractivity contribution in [2.45, 2.75) is 10.8 Å². The fourth-order valence-electron chi connectivity index (χ4n) is 18.6. The van der Waals surface area contributed by atoms with Gasteiger partial charge in [0.15, 0.2) is 0 Å². The number of nitrogens with zero attached hydrogens (tertiary/aromatic N) is 6. The second kappa shape index (κ2) is 21.0. The first-order valence-corrected chi connectivity index (χ1v) is 34.2. The summed E-state index contributed by atoms with van der Waals surface area (Å²) in [6.45, 7) is 0. The minimum absolute atomic E-state index is 0.344. The predicted octanol–water partition coefficient (Wildman–Crippen LogP) is 22.5. The van der Waals surface area contributed by atoms with Crippen LogP contribution in [0.3, 0.4) is 0 Å². The summed E-state index contributed by atoms with van der Waals surface area (Å²) in [5.74, 6) is 0. The molecule has 0 saturated carbocycles. The Morgan fingerprint density at radius 2 is 0.470 bits per heavy atom. The first-order valence-electron chi connectivity index (χ1n) is 34.2. The maximum absolute atomic E-state index is 13.2. The molecule has 0 saturated heterocycles. The Labute approximate surface area is 575 Å². The Hall–Kier alpha value is -13.5. The lowest BCUT2D eigenvalue weighted by Gasteiger charge is -2.34. The Balaban J connectivity index is 1.03. The van der Waals surface area contributed by atoms with E-state index in [1.54, 1.807) is 0 Å². The molecular weight excluding hydrogens is 1210 g/mol. The molecule has 21 rings (SSSR count).